The molecule has 6 nitrogen and oxygen atoms in total. The van der Waals surface area contributed by atoms with E-state index < -0.39 is 6.10 Å². The van der Waals surface area contributed by atoms with Crippen molar-refractivity contribution in [1.82, 2.24) is 4.90 Å². The third kappa shape index (κ3) is 8.50. The Morgan fingerprint density at radius 3 is 2.67 bits per heavy atom. The first-order valence-corrected chi connectivity index (χ1v) is 16.5. The van der Waals surface area contributed by atoms with Crippen LogP contribution in [0.5, 0.6) is 0 Å². The highest BCUT2D eigenvalue weighted by Gasteiger charge is 2.38. The molecule has 2 aliphatic heterocycles. The van der Waals surface area contributed by atoms with Gasteiger partial charge in [0.2, 0.25) is 0 Å². The lowest BCUT2D eigenvalue weighted by molar-refractivity contribution is -0.181. The van der Waals surface area contributed by atoms with E-state index in [0.29, 0.717) is 17.7 Å². The highest BCUT2D eigenvalue weighted by atomic mass is 35.5. The quantitative estimate of drug-likeness (QED) is 0.175. The molecule has 216 valence electrons. The molecule has 0 radical (unpaired) electrons. The molecule has 2 aromatic heterocycles. The number of rotatable bonds is 15. The molecule has 0 bridgehead atoms. The molecule has 1 N–H and O–H groups in total. The van der Waals surface area contributed by atoms with Gasteiger partial charge in [0.15, 0.2) is 6.29 Å². The van der Waals surface area contributed by atoms with Gasteiger partial charge in [-0.2, -0.15) is 5.26 Å². The van der Waals surface area contributed by atoms with E-state index in [9.17, 15) is 5.11 Å². The van der Waals surface area contributed by atoms with Gasteiger partial charge in [-0.3, -0.25) is 4.90 Å². The van der Waals surface area contributed by atoms with E-state index in [2.05, 4.69) is 29.2 Å². The van der Waals surface area contributed by atoms with Crippen LogP contribution >= 0.6 is 34.3 Å². The number of alkyl halides is 1. The molecule has 0 aliphatic carbocycles. The second-order valence-electron chi connectivity index (χ2n) is 10.7. The van der Waals surface area contributed by atoms with Gasteiger partial charge in [0.25, 0.3) is 0 Å². The number of aliphatic hydroxyl groups excluding tert-OH is 1. The van der Waals surface area contributed by atoms with Crippen molar-refractivity contribution in [3.8, 4) is 6.07 Å². The van der Waals surface area contributed by atoms with Gasteiger partial charge < -0.3 is 19.3 Å². The minimum Gasteiger partial charge on any atom is -0.386 e. The maximum Gasteiger partial charge on any atom is 0.159 e. The zero-order valence-corrected chi connectivity index (χ0v) is 25.6. The first-order chi connectivity index (χ1) is 19.1. The van der Waals surface area contributed by atoms with Crippen LogP contribution in [0.4, 0.5) is 0 Å². The predicted molar refractivity (Wildman–Crippen MR) is 158 cm³/mol. The van der Waals surface area contributed by atoms with E-state index in [1.165, 1.54) is 27.5 Å². The summed E-state index contributed by atoms with van der Waals surface area (Å²) >= 11 is 9.49. The van der Waals surface area contributed by atoms with Crippen molar-refractivity contribution in [3.63, 3.8) is 0 Å². The maximum atomic E-state index is 10.1. The summed E-state index contributed by atoms with van der Waals surface area (Å²) in [6.45, 7) is 2.21. The number of aryl methyl sites for hydroxylation is 2. The first-order valence-electron chi connectivity index (χ1n) is 14.3. The molecule has 9 heteroatoms. The van der Waals surface area contributed by atoms with Crippen LogP contribution in [0, 0.1) is 23.2 Å². The largest absolute Gasteiger partial charge is 0.386 e. The van der Waals surface area contributed by atoms with Crippen LogP contribution in [0.1, 0.15) is 83.1 Å². The lowest BCUT2D eigenvalue weighted by Gasteiger charge is -2.46. The predicted octanol–water partition coefficient (Wildman–Crippen LogP) is 7.08. The van der Waals surface area contributed by atoms with Crippen molar-refractivity contribution < 1.29 is 19.3 Å². The average Bonchev–Trinajstić information content (AvgIpc) is 3.64. The highest BCUT2D eigenvalue weighted by molar-refractivity contribution is 7.12. The summed E-state index contributed by atoms with van der Waals surface area (Å²) in [6.07, 6.45) is 9.18. The molecule has 4 rings (SSSR count). The molecular formula is C30H43ClN2O4S2. The summed E-state index contributed by atoms with van der Waals surface area (Å²) in [5, 5.41) is 19.0. The Labute approximate surface area is 246 Å². The van der Waals surface area contributed by atoms with Crippen molar-refractivity contribution in [2.45, 2.75) is 88.9 Å². The van der Waals surface area contributed by atoms with Crippen LogP contribution in [0.3, 0.4) is 0 Å². The molecule has 0 aromatic carbocycles. The summed E-state index contributed by atoms with van der Waals surface area (Å²) < 4.78 is 18.0. The number of methoxy groups -OCH3 is 2. The van der Waals surface area contributed by atoms with Crippen LogP contribution in [-0.4, -0.2) is 55.7 Å². The zero-order chi connectivity index (χ0) is 27.6. The van der Waals surface area contributed by atoms with Gasteiger partial charge >= 0.3 is 0 Å². The molecule has 39 heavy (non-hydrogen) atoms. The van der Waals surface area contributed by atoms with Crippen molar-refractivity contribution in [3.05, 3.63) is 43.8 Å². The molecule has 2 saturated heterocycles. The van der Waals surface area contributed by atoms with E-state index >= 15 is 0 Å². The average molecular weight is 595 g/mol. The van der Waals surface area contributed by atoms with Gasteiger partial charge in [-0.25, -0.2) is 0 Å². The number of halogens is 1. The normalized spacial score (nSPS) is 23.4. The van der Waals surface area contributed by atoms with Crippen LogP contribution in [-0.2, 0) is 27.1 Å². The smallest absolute Gasteiger partial charge is 0.159 e. The fourth-order valence-electron chi connectivity index (χ4n) is 6.07. The Morgan fingerprint density at radius 1 is 1.10 bits per heavy atom. The molecule has 5 atom stereocenters. The minimum absolute atomic E-state index is 0.148. The number of ether oxygens (including phenoxy) is 3. The fraction of sp³-hybridized carbons (Fsp3) is 0.700. The van der Waals surface area contributed by atoms with Gasteiger partial charge in [0.1, 0.15) is 12.3 Å². The number of fused-ring (bicyclic) bond motifs is 1. The topological polar surface area (TPSA) is 75.0 Å². The Balaban J connectivity index is 1.32. The van der Waals surface area contributed by atoms with E-state index in [1.807, 2.05) is 17.4 Å². The van der Waals surface area contributed by atoms with E-state index in [1.54, 1.807) is 25.6 Å². The van der Waals surface area contributed by atoms with Gasteiger partial charge in [-0.1, -0.05) is 0 Å². The molecule has 2 aromatic rings. The molecular weight excluding hydrogens is 552 g/mol. The molecule has 1 unspecified atom stereocenters. The van der Waals surface area contributed by atoms with Crippen LogP contribution in [0.2, 0.25) is 0 Å². The molecule has 0 spiro atoms. The van der Waals surface area contributed by atoms with Gasteiger partial charge in [0, 0.05) is 58.6 Å². The van der Waals surface area contributed by atoms with E-state index in [0.717, 1.165) is 62.9 Å². The minimum atomic E-state index is -0.671. The number of hydrogen-bond acceptors (Lipinski definition) is 8. The standard InChI is InChI=1S/C30H43ClN2O4S2/c1-35-30(36-2)22(5-3-17-31)8-10-24-12-14-28(39-24)26-16-20-33-19-4-6-21(29(33)37-26)7-9-23-11-13-27(38-23)25(34)15-18-32/h11-14,21-22,25-26,29-30,34H,3-10,15-17,19-20H2,1-2H3/t21-,22?,25+,26+,29+/m0/s1. The lowest BCUT2D eigenvalue weighted by atomic mass is 9.89. The highest BCUT2D eigenvalue weighted by Crippen LogP contribution is 2.40. The number of thiophene rings is 2. The van der Waals surface area contributed by atoms with Gasteiger partial charge in [0.05, 0.1) is 18.6 Å². The number of aliphatic hydroxyl groups is 1. The van der Waals surface area contributed by atoms with Gasteiger partial charge in [-0.15, -0.1) is 34.3 Å². The second kappa shape index (κ2) is 15.8. The number of nitriles is 1. The Hall–Kier alpha value is -1.02. The molecule has 4 heterocycles. The van der Waals surface area contributed by atoms with Gasteiger partial charge in [-0.05, 0) is 88.0 Å². The number of hydrogen-bond donors (Lipinski definition) is 1. The van der Waals surface area contributed by atoms with Crippen LogP contribution < -0.4 is 0 Å². The first kappa shape index (κ1) is 30.9. The summed E-state index contributed by atoms with van der Waals surface area (Å²) in [5.74, 6) is 1.51. The van der Waals surface area contributed by atoms with Crippen LogP contribution in [0.25, 0.3) is 0 Å². The van der Waals surface area contributed by atoms with Crippen molar-refractivity contribution >= 4 is 34.3 Å². The second-order valence-corrected chi connectivity index (χ2v) is 13.5. The maximum absolute atomic E-state index is 10.1. The SMILES string of the molecule is COC(OC)C(CCCCl)CCc1ccc([C@H]2CCN3CCC[C@@H](CCc4ccc([C@H](O)CC#N)s4)[C@H]3O2)s1. The third-order valence-electron chi connectivity index (χ3n) is 8.14. The Morgan fingerprint density at radius 2 is 1.90 bits per heavy atom. The molecule has 2 aliphatic rings. The monoisotopic (exact) mass is 594 g/mol. The Bertz CT molecular complexity index is 1040. The fourth-order valence-corrected chi connectivity index (χ4v) is 8.33. The third-order valence-corrected chi connectivity index (χ3v) is 10.9. The van der Waals surface area contributed by atoms with Crippen molar-refractivity contribution in [1.29, 1.82) is 5.26 Å². The summed E-state index contributed by atoms with van der Waals surface area (Å²) in [4.78, 5) is 7.46. The van der Waals surface area contributed by atoms with Crippen LogP contribution in [0.15, 0.2) is 24.3 Å². The van der Waals surface area contributed by atoms with E-state index in [4.69, 9.17) is 31.1 Å². The molecule has 0 saturated carbocycles. The molecule has 0 amide bonds. The molecule has 2 fully saturated rings. The summed E-state index contributed by atoms with van der Waals surface area (Å²) in [5.41, 5.74) is 0. The lowest BCUT2D eigenvalue weighted by Crippen LogP contribution is -2.51. The summed E-state index contributed by atoms with van der Waals surface area (Å²) in [6, 6.07) is 10.7. The van der Waals surface area contributed by atoms with Crippen molar-refractivity contribution in [2.24, 2.45) is 11.8 Å². The summed E-state index contributed by atoms with van der Waals surface area (Å²) in [7, 11) is 3.43. The number of piperidine rings is 1. The Kier molecular flexibility index (Phi) is 12.6. The van der Waals surface area contributed by atoms with E-state index in [-0.39, 0.29) is 25.0 Å². The zero-order valence-electron chi connectivity index (χ0n) is 23.2. The van der Waals surface area contributed by atoms with Crippen molar-refractivity contribution in [2.75, 3.05) is 33.2 Å². The number of nitrogens with zero attached hydrogens (tertiary/aromatic N) is 2.